The number of carbonyl (C=O) groups is 2. The molecule has 0 aliphatic heterocycles. The summed E-state index contributed by atoms with van der Waals surface area (Å²) in [5.74, 6) is -1.54. The molecule has 3 rings (SSSR count). The largest absolute Gasteiger partial charge is 0.480 e. The minimum atomic E-state index is -1.26. The van der Waals surface area contributed by atoms with Gasteiger partial charge < -0.3 is 10.4 Å². The first-order valence-corrected chi connectivity index (χ1v) is 8.14. The van der Waals surface area contributed by atoms with Crippen LogP contribution in [0, 0.1) is 11.7 Å². The van der Waals surface area contributed by atoms with E-state index in [2.05, 4.69) is 22.4 Å². The van der Waals surface area contributed by atoms with E-state index in [-0.39, 0.29) is 11.5 Å². The van der Waals surface area contributed by atoms with Crippen molar-refractivity contribution in [3.05, 3.63) is 42.0 Å². The van der Waals surface area contributed by atoms with Gasteiger partial charge >= 0.3 is 5.97 Å². The van der Waals surface area contributed by atoms with Crippen LogP contribution in [0.5, 0.6) is 0 Å². The van der Waals surface area contributed by atoms with E-state index in [1.807, 2.05) is 0 Å². The maximum Gasteiger partial charge on any atom is 0.329 e. The number of rotatable bonds is 4. The number of aromatic nitrogens is 3. The molecule has 0 spiro atoms. The lowest BCUT2D eigenvalue weighted by Crippen LogP contribution is -2.56. The second-order valence-corrected chi connectivity index (χ2v) is 6.52. The molecule has 1 fully saturated rings. The van der Waals surface area contributed by atoms with Crippen molar-refractivity contribution in [2.45, 2.75) is 38.1 Å². The van der Waals surface area contributed by atoms with Crippen molar-refractivity contribution >= 4 is 11.9 Å². The van der Waals surface area contributed by atoms with Crippen LogP contribution in [0.15, 0.2) is 30.5 Å². The van der Waals surface area contributed by atoms with Crippen LogP contribution in [0.1, 0.15) is 43.1 Å². The first kappa shape index (κ1) is 17.1. The molecule has 1 aromatic carbocycles. The van der Waals surface area contributed by atoms with Crippen LogP contribution in [0.2, 0.25) is 0 Å². The summed E-state index contributed by atoms with van der Waals surface area (Å²) in [5.41, 5.74) is -0.744. The molecule has 0 unspecified atom stereocenters. The predicted octanol–water partition coefficient (Wildman–Crippen LogP) is 2.17. The van der Waals surface area contributed by atoms with Crippen molar-refractivity contribution in [3.8, 4) is 5.69 Å². The molecular weight excluding hydrogens is 327 g/mol. The monoisotopic (exact) mass is 346 g/mol. The molecule has 1 amide bonds. The van der Waals surface area contributed by atoms with Crippen LogP contribution in [0.4, 0.5) is 4.39 Å². The number of carboxylic acids is 1. The molecule has 0 bridgehead atoms. The topological polar surface area (TPSA) is 97.1 Å². The SMILES string of the molecule is CC1CCC(NC(=O)c2cnn(-c3ccc(F)cc3)n2)(C(=O)O)CC1. The fourth-order valence-corrected chi connectivity index (χ4v) is 2.99. The van der Waals surface area contributed by atoms with Crippen molar-refractivity contribution in [1.82, 2.24) is 20.3 Å². The molecule has 1 aromatic heterocycles. The molecule has 0 saturated heterocycles. The number of hydrogen-bond donors (Lipinski definition) is 2. The molecule has 8 heteroatoms. The van der Waals surface area contributed by atoms with Crippen LogP contribution in [0.25, 0.3) is 5.69 Å². The maximum absolute atomic E-state index is 13.0. The van der Waals surface area contributed by atoms with Gasteiger partial charge in [-0.05, 0) is 55.9 Å². The summed E-state index contributed by atoms with van der Waals surface area (Å²) in [6.07, 6.45) is 3.53. The number of amides is 1. The summed E-state index contributed by atoms with van der Waals surface area (Å²) in [5, 5.41) is 20.3. The van der Waals surface area contributed by atoms with Gasteiger partial charge in [0.1, 0.15) is 11.4 Å². The van der Waals surface area contributed by atoms with Crippen LogP contribution in [0.3, 0.4) is 0 Å². The molecule has 1 aliphatic carbocycles. The average Bonchev–Trinajstić information content (AvgIpc) is 3.08. The molecule has 1 aliphatic rings. The smallest absolute Gasteiger partial charge is 0.329 e. The van der Waals surface area contributed by atoms with E-state index >= 15 is 0 Å². The Balaban J connectivity index is 1.77. The zero-order chi connectivity index (χ0) is 18.0. The zero-order valence-corrected chi connectivity index (χ0v) is 13.8. The number of nitrogens with one attached hydrogen (secondary N) is 1. The first-order chi connectivity index (χ1) is 11.9. The third kappa shape index (κ3) is 3.52. The van der Waals surface area contributed by atoms with Gasteiger partial charge in [0.15, 0.2) is 5.69 Å². The highest BCUT2D eigenvalue weighted by Crippen LogP contribution is 2.32. The molecule has 0 atom stereocenters. The Kier molecular flexibility index (Phi) is 4.52. The molecule has 25 heavy (non-hydrogen) atoms. The third-order valence-electron chi connectivity index (χ3n) is 4.67. The van der Waals surface area contributed by atoms with Crippen molar-refractivity contribution in [1.29, 1.82) is 0 Å². The van der Waals surface area contributed by atoms with E-state index in [4.69, 9.17) is 0 Å². The Morgan fingerprint density at radius 1 is 1.28 bits per heavy atom. The highest BCUT2D eigenvalue weighted by molar-refractivity contribution is 5.96. The molecule has 0 radical (unpaired) electrons. The van der Waals surface area contributed by atoms with E-state index < -0.39 is 17.4 Å². The maximum atomic E-state index is 13.0. The highest BCUT2D eigenvalue weighted by atomic mass is 19.1. The lowest BCUT2D eigenvalue weighted by atomic mass is 9.77. The summed E-state index contributed by atoms with van der Waals surface area (Å²) in [4.78, 5) is 25.4. The van der Waals surface area contributed by atoms with Crippen molar-refractivity contribution < 1.29 is 19.1 Å². The summed E-state index contributed by atoms with van der Waals surface area (Å²) in [6.45, 7) is 2.07. The van der Waals surface area contributed by atoms with Crippen molar-refractivity contribution in [2.24, 2.45) is 5.92 Å². The van der Waals surface area contributed by atoms with E-state index in [1.165, 1.54) is 35.3 Å². The number of carboxylic acid groups (broad SMARTS) is 1. The van der Waals surface area contributed by atoms with Gasteiger partial charge in [-0.15, -0.1) is 5.10 Å². The Labute approximate surface area is 143 Å². The Hall–Kier alpha value is -2.77. The Morgan fingerprint density at radius 3 is 2.52 bits per heavy atom. The molecule has 1 heterocycles. The van der Waals surface area contributed by atoms with Gasteiger partial charge in [0.2, 0.25) is 0 Å². The molecular formula is C17H19FN4O3. The number of benzene rings is 1. The highest BCUT2D eigenvalue weighted by Gasteiger charge is 2.43. The third-order valence-corrected chi connectivity index (χ3v) is 4.67. The van der Waals surface area contributed by atoms with E-state index in [0.717, 1.165) is 12.8 Å². The zero-order valence-electron chi connectivity index (χ0n) is 13.8. The minimum absolute atomic E-state index is 0.0172. The van der Waals surface area contributed by atoms with E-state index in [1.54, 1.807) is 0 Å². The Bertz CT molecular complexity index is 779. The average molecular weight is 346 g/mol. The van der Waals surface area contributed by atoms with Gasteiger partial charge in [0.25, 0.3) is 5.91 Å². The van der Waals surface area contributed by atoms with Gasteiger partial charge in [-0.25, -0.2) is 9.18 Å². The van der Waals surface area contributed by atoms with Gasteiger partial charge in [-0.2, -0.15) is 9.90 Å². The van der Waals surface area contributed by atoms with E-state index in [9.17, 15) is 19.1 Å². The number of nitrogens with zero attached hydrogens (tertiary/aromatic N) is 3. The second-order valence-electron chi connectivity index (χ2n) is 6.52. The number of hydrogen-bond acceptors (Lipinski definition) is 4. The fourth-order valence-electron chi connectivity index (χ4n) is 2.99. The van der Waals surface area contributed by atoms with Crippen LogP contribution in [-0.2, 0) is 4.79 Å². The summed E-state index contributed by atoms with van der Waals surface area (Å²) in [6, 6.07) is 5.50. The normalized spacial score (nSPS) is 23.2. The quantitative estimate of drug-likeness (QED) is 0.884. The number of aliphatic carboxylic acids is 1. The second kappa shape index (κ2) is 6.62. The predicted molar refractivity (Wildman–Crippen MR) is 86.8 cm³/mol. The van der Waals surface area contributed by atoms with Gasteiger partial charge in [-0.3, -0.25) is 4.79 Å². The van der Waals surface area contributed by atoms with Crippen LogP contribution >= 0.6 is 0 Å². The van der Waals surface area contributed by atoms with Crippen molar-refractivity contribution in [2.75, 3.05) is 0 Å². The summed E-state index contributed by atoms with van der Waals surface area (Å²) in [7, 11) is 0. The minimum Gasteiger partial charge on any atom is -0.480 e. The molecule has 132 valence electrons. The first-order valence-electron chi connectivity index (χ1n) is 8.14. The fraction of sp³-hybridized carbons (Fsp3) is 0.412. The standard InChI is InChI=1S/C17H19FN4O3/c1-11-6-8-17(9-7-11,16(24)25)20-15(23)14-10-19-22(21-14)13-4-2-12(18)3-5-13/h2-5,10-11H,6-9H2,1H3,(H,20,23)(H,24,25). The van der Waals surface area contributed by atoms with Gasteiger partial charge in [0, 0.05) is 0 Å². The van der Waals surface area contributed by atoms with Crippen LogP contribution < -0.4 is 5.32 Å². The molecule has 1 saturated carbocycles. The van der Waals surface area contributed by atoms with Crippen LogP contribution in [-0.4, -0.2) is 37.5 Å². The molecule has 2 N–H and O–H groups in total. The number of halogens is 1. The lowest BCUT2D eigenvalue weighted by Gasteiger charge is -2.36. The Morgan fingerprint density at radius 2 is 1.92 bits per heavy atom. The lowest BCUT2D eigenvalue weighted by molar-refractivity contribution is -0.146. The summed E-state index contributed by atoms with van der Waals surface area (Å²) >= 11 is 0. The molecule has 2 aromatic rings. The van der Waals surface area contributed by atoms with Crippen molar-refractivity contribution in [3.63, 3.8) is 0 Å². The van der Waals surface area contributed by atoms with Gasteiger partial charge in [-0.1, -0.05) is 6.92 Å². The van der Waals surface area contributed by atoms with Gasteiger partial charge in [0.05, 0.1) is 11.9 Å². The molecule has 7 nitrogen and oxygen atoms in total. The van der Waals surface area contributed by atoms with E-state index in [0.29, 0.717) is 24.4 Å². The summed E-state index contributed by atoms with van der Waals surface area (Å²) < 4.78 is 13.0. The number of carbonyl (C=O) groups excluding carboxylic acids is 1.